The first-order valence-corrected chi connectivity index (χ1v) is 8.25. The molecule has 2 aromatic rings. The molecule has 0 aliphatic carbocycles. The van der Waals surface area contributed by atoms with Crippen LogP contribution in [0.4, 0.5) is 10.5 Å². The van der Waals surface area contributed by atoms with Crippen molar-refractivity contribution in [3.8, 4) is 0 Å². The van der Waals surface area contributed by atoms with Crippen molar-refractivity contribution in [3.05, 3.63) is 64.7 Å². The standard InChI is InChI=1S/C20H24N2O/c1-14-6-8-17(9-7-14)19-5-4-10-22(19)20(23)21-18-12-15(2)11-16(3)13-18/h6-9,11-13,19H,4-5,10H2,1-3H3,(H,21,23). The minimum Gasteiger partial charge on any atom is -0.317 e. The Morgan fingerprint density at radius 1 is 1.00 bits per heavy atom. The van der Waals surface area contributed by atoms with Gasteiger partial charge in [0.05, 0.1) is 6.04 Å². The first-order chi connectivity index (χ1) is 11.0. The maximum atomic E-state index is 12.7. The largest absolute Gasteiger partial charge is 0.322 e. The molecule has 2 aromatic carbocycles. The lowest BCUT2D eigenvalue weighted by atomic mass is 10.0. The Labute approximate surface area is 138 Å². The van der Waals surface area contributed by atoms with Crippen molar-refractivity contribution in [3.63, 3.8) is 0 Å². The highest BCUT2D eigenvalue weighted by atomic mass is 16.2. The van der Waals surface area contributed by atoms with Crippen LogP contribution in [-0.4, -0.2) is 17.5 Å². The summed E-state index contributed by atoms with van der Waals surface area (Å²) in [6.07, 6.45) is 2.09. The summed E-state index contributed by atoms with van der Waals surface area (Å²) in [6, 6.07) is 14.8. The topological polar surface area (TPSA) is 32.3 Å². The molecule has 1 heterocycles. The lowest BCUT2D eigenvalue weighted by Gasteiger charge is -2.25. The normalized spacial score (nSPS) is 17.3. The van der Waals surface area contributed by atoms with Crippen LogP contribution in [-0.2, 0) is 0 Å². The molecule has 120 valence electrons. The number of amides is 2. The van der Waals surface area contributed by atoms with Gasteiger partial charge in [-0.2, -0.15) is 0 Å². The predicted molar refractivity (Wildman–Crippen MR) is 94.8 cm³/mol. The fourth-order valence-electron chi connectivity index (χ4n) is 3.39. The number of nitrogens with one attached hydrogen (secondary N) is 1. The highest BCUT2D eigenvalue weighted by molar-refractivity contribution is 5.90. The Morgan fingerprint density at radius 3 is 2.30 bits per heavy atom. The lowest BCUT2D eigenvalue weighted by molar-refractivity contribution is 0.207. The van der Waals surface area contributed by atoms with Crippen LogP contribution < -0.4 is 5.32 Å². The number of urea groups is 1. The molecular formula is C20H24N2O. The average molecular weight is 308 g/mol. The number of likely N-dealkylation sites (tertiary alicyclic amines) is 1. The van der Waals surface area contributed by atoms with Crippen molar-refractivity contribution >= 4 is 11.7 Å². The quantitative estimate of drug-likeness (QED) is 0.833. The summed E-state index contributed by atoms with van der Waals surface area (Å²) in [7, 11) is 0. The van der Waals surface area contributed by atoms with E-state index in [-0.39, 0.29) is 12.1 Å². The van der Waals surface area contributed by atoms with Crippen molar-refractivity contribution in [2.75, 3.05) is 11.9 Å². The van der Waals surface area contributed by atoms with Crippen molar-refractivity contribution in [1.29, 1.82) is 0 Å². The van der Waals surface area contributed by atoms with Crippen molar-refractivity contribution in [2.45, 2.75) is 39.7 Å². The van der Waals surface area contributed by atoms with E-state index >= 15 is 0 Å². The van der Waals surface area contributed by atoms with Crippen molar-refractivity contribution in [1.82, 2.24) is 4.90 Å². The van der Waals surface area contributed by atoms with Crippen LogP contribution in [0, 0.1) is 20.8 Å². The number of carbonyl (C=O) groups is 1. The number of hydrogen-bond acceptors (Lipinski definition) is 1. The molecule has 1 saturated heterocycles. The molecule has 1 unspecified atom stereocenters. The Balaban J connectivity index is 1.76. The fraction of sp³-hybridized carbons (Fsp3) is 0.350. The summed E-state index contributed by atoms with van der Waals surface area (Å²) in [5.41, 5.74) is 5.68. The van der Waals surface area contributed by atoms with Gasteiger partial charge in [0, 0.05) is 12.2 Å². The monoisotopic (exact) mass is 308 g/mol. The van der Waals surface area contributed by atoms with E-state index in [2.05, 4.69) is 42.6 Å². The van der Waals surface area contributed by atoms with Crippen LogP contribution in [0.5, 0.6) is 0 Å². The van der Waals surface area contributed by atoms with Gasteiger partial charge in [0.1, 0.15) is 0 Å². The van der Waals surface area contributed by atoms with E-state index in [0.29, 0.717) is 0 Å². The second-order valence-corrected chi connectivity index (χ2v) is 6.57. The molecule has 1 aliphatic heterocycles. The Hall–Kier alpha value is -2.29. The van der Waals surface area contributed by atoms with Crippen LogP contribution in [0.15, 0.2) is 42.5 Å². The first-order valence-electron chi connectivity index (χ1n) is 8.25. The molecule has 3 rings (SSSR count). The number of nitrogens with zero attached hydrogens (tertiary/aromatic N) is 1. The second kappa shape index (κ2) is 6.45. The smallest absolute Gasteiger partial charge is 0.317 e. The summed E-state index contributed by atoms with van der Waals surface area (Å²) in [4.78, 5) is 14.7. The van der Waals surface area contributed by atoms with Crippen LogP contribution >= 0.6 is 0 Å². The van der Waals surface area contributed by atoms with Crippen LogP contribution in [0.25, 0.3) is 0 Å². The average Bonchev–Trinajstić information content (AvgIpc) is 2.96. The third-order valence-corrected chi connectivity index (χ3v) is 4.45. The molecule has 0 spiro atoms. The minimum absolute atomic E-state index is 0.00178. The summed E-state index contributed by atoms with van der Waals surface area (Å²) in [6.45, 7) is 7.00. The van der Waals surface area contributed by atoms with Gasteiger partial charge in [-0.15, -0.1) is 0 Å². The van der Waals surface area contributed by atoms with Gasteiger partial charge in [0.15, 0.2) is 0 Å². The Kier molecular flexibility index (Phi) is 4.37. The third kappa shape index (κ3) is 3.55. The zero-order valence-electron chi connectivity index (χ0n) is 14.1. The molecule has 0 radical (unpaired) electrons. The summed E-state index contributed by atoms with van der Waals surface area (Å²) >= 11 is 0. The predicted octanol–water partition coefficient (Wildman–Crippen LogP) is 4.98. The molecule has 3 heteroatoms. The number of hydrogen-bond donors (Lipinski definition) is 1. The lowest BCUT2D eigenvalue weighted by Crippen LogP contribution is -2.34. The number of anilines is 1. The molecule has 1 fully saturated rings. The van der Waals surface area contributed by atoms with Crippen LogP contribution in [0.2, 0.25) is 0 Å². The SMILES string of the molecule is Cc1ccc(C2CCCN2C(=O)Nc2cc(C)cc(C)c2)cc1. The number of benzene rings is 2. The summed E-state index contributed by atoms with van der Waals surface area (Å²) in [5, 5.41) is 3.06. The summed E-state index contributed by atoms with van der Waals surface area (Å²) in [5.74, 6) is 0. The van der Waals surface area contributed by atoms with E-state index in [1.54, 1.807) is 0 Å². The molecule has 2 amide bonds. The molecule has 23 heavy (non-hydrogen) atoms. The van der Waals surface area contributed by atoms with Gasteiger partial charge in [-0.3, -0.25) is 0 Å². The van der Waals surface area contributed by atoms with E-state index in [1.807, 2.05) is 30.9 Å². The molecule has 1 atom stereocenters. The molecular weight excluding hydrogens is 284 g/mol. The zero-order chi connectivity index (χ0) is 16.4. The van der Waals surface area contributed by atoms with Crippen LogP contribution in [0.1, 0.15) is 41.1 Å². The van der Waals surface area contributed by atoms with Gasteiger partial charge in [0.2, 0.25) is 0 Å². The first kappa shape index (κ1) is 15.6. The fourth-order valence-corrected chi connectivity index (χ4v) is 3.39. The van der Waals surface area contributed by atoms with Crippen molar-refractivity contribution < 1.29 is 4.79 Å². The Bertz CT molecular complexity index is 686. The minimum atomic E-state index is -0.00178. The van der Waals surface area contributed by atoms with Gasteiger partial charge in [-0.1, -0.05) is 35.9 Å². The number of rotatable bonds is 2. The molecule has 1 aliphatic rings. The van der Waals surface area contributed by atoms with E-state index in [0.717, 1.165) is 36.2 Å². The zero-order valence-corrected chi connectivity index (χ0v) is 14.1. The van der Waals surface area contributed by atoms with E-state index in [1.165, 1.54) is 11.1 Å². The van der Waals surface area contributed by atoms with Crippen molar-refractivity contribution in [2.24, 2.45) is 0 Å². The van der Waals surface area contributed by atoms with Crippen LogP contribution in [0.3, 0.4) is 0 Å². The second-order valence-electron chi connectivity index (χ2n) is 6.57. The number of carbonyl (C=O) groups excluding carboxylic acids is 1. The van der Waals surface area contributed by atoms with E-state index in [9.17, 15) is 4.79 Å². The molecule has 0 aromatic heterocycles. The van der Waals surface area contributed by atoms with E-state index in [4.69, 9.17) is 0 Å². The van der Waals surface area contributed by atoms with Gasteiger partial charge < -0.3 is 10.2 Å². The van der Waals surface area contributed by atoms with Gasteiger partial charge in [-0.05, 0) is 62.4 Å². The van der Waals surface area contributed by atoms with Gasteiger partial charge in [0.25, 0.3) is 0 Å². The highest BCUT2D eigenvalue weighted by Gasteiger charge is 2.29. The maximum absolute atomic E-state index is 12.7. The van der Waals surface area contributed by atoms with Gasteiger partial charge >= 0.3 is 6.03 Å². The Morgan fingerprint density at radius 2 is 1.65 bits per heavy atom. The summed E-state index contributed by atoms with van der Waals surface area (Å²) < 4.78 is 0. The maximum Gasteiger partial charge on any atom is 0.322 e. The number of aryl methyl sites for hydroxylation is 3. The molecule has 0 bridgehead atoms. The third-order valence-electron chi connectivity index (χ3n) is 4.45. The molecule has 3 nitrogen and oxygen atoms in total. The van der Waals surface area contributed by atoms with E-state index < -0.39 is 0 Å². The highest BCUT2D eigenvalue weighted by Crippen LogP contribution is 2.32. The van der Waals surface area contributed by atoms with Gasteiger partial charge in [-0.25, -0.2) is 4.79 Å². The molecule has 0 saturated carbocycles. The molecule has 1 N–H and O–H groups in total.